The highest BCUT2D eigenvalue weighted by atomic mass is 32.2. The van der Waals surface area contributed by atoms with Crippen molar-refractivity contribution in [3.05, 3.63) is 45.2 Å². The molecule has 2 rings (SSSR count). The molecule has 0 amide bonds. The van der Waals surface area contributed by atoms with Crippen LogP contribution in [0.25, 0.3) is 0 Å². The molecule has 1 aromatic carbocycles. The van der Waals surface area contributed by atoms with Crippen LogP contribution in [0.5, 0.6) is 0 Å². The lowest BCUT2D eigenvalue weighted by Gasteiger charge is -2.06. The zero-order valence-electron chi connectivity index (χ0n) is 10.7. The van der Waals surface area contributed by atoms with Crippen LogP contribution in [0.4, 0.5) is 15.2 Å². The summed E-state index contributed by atoms with van der Waals surface area (Å²) in [6.07, 6.45) is 0.643. The Bertz CT molecular complexity index is 789. The first-order chi connectivity index (χ1) is 9.83. The summed E-state index contributed by atoms with van der Waals surface area (Å²) in [6.45, 7) is 1.86. The average Bonchev–Trinajstić information content (AvgIpc) is 2.85. The van der Waals surface area contributed by atoms with Crippen molar-refractivity contribution in [1.82, 2.24) is 4.98 Å². The lowest BCUT2D eigenvalue weighted by atomic mass is 10.3. The minimum atomic E-state index is -4.18. The highest BCUT2D eigenvalue weighted by Gasteiger charge is 2.22. The molecule has 0 saturated carbocycles. The van der Waals surface area contributed by atoms with Crippen LogP contribution in [0.2, 0.25) is 0 Å². The van der Waals surface area contributed by atoms with Crippen LogP contribution >= 0.6 is 11.3 Å². The second-order valence-electron chi connectivity index (χ2n) is 3.97. The second kappa shape index (κ2) is 5.74. The summed E-state index contributed by atoms with van der Waals surface area (Å²) in [7, 11) is -4.18. The standard InChI is InChI=1S/C11H10FN3O4S2/c1-2-7-6-20-11(13-7)14-21(18,19)10-4-3-8(15(16)17)5-9(10)12/h3-6H,2H2,1H3,(H,13,14). The van der Waals surface area contributed by atoms with Crippen molar-refractivity contribution in [3.63, 3.8) is 0 Å². The average molecular weight is 331 g/mol. The zero-order chi connectivity index (χ0) is 15.6. The van der Waals surface area contributed by atoms with Crippen LogP contribution in [0.15, 0.2) is 28.5 Å². The fourth-order valence-electron chi connectivity index (χ4n) is 1.51. The molecule has 0 aliphatic rings. The van der Waals surface area contributed by atoms with E-state index in [1.165, 1.54) is 0 Å². The van der Waals surface area contributed by atoms with Gasteiger partial charge in [-0.3, -0.25) is 14.8 Å². The van der Waals surface area contributed by atoms with Crippen molar-refractivity contribution >= 4 is 32.2 Å². The number of anilines is 1. The molecule has 0 spiro atoms. The predicted octanol–water partition coefficient (Wildman–Crippen LogP) is 2.55. The van der Waals surface area contributed by atoms with Crippen molar-refractivity contribution in [2.24, 2.45) is 0 Å². The van der Waals surface area contributed by atoms with E-state index >= 15 is 0 Å². The molecule has 0 radical (unpaired) electrons. The van der Waals surface area contributed by atoms with Crippen LogP contribution in [0, 0.1) is 15.9 Å². The van der Waals surface area contributed by atoms with Gasteiger partial charge < -0.3 is 0 Å². The van der Waals surface area contributed by atoms with Gasteiger partial charge in [-0.05, 0) is 12.5 Å². The van der Waals surface area contributed by atoms with E-state index in [0.29, 0.717) is 18.2 Å². The number of thiazole rings is 1. The van der Waals surface area contributed by atoms with E-state index in [9.17, 15) is 22.9 Å². The van der Waals surface area contributed by atoms with E-state index in [4.69, 9.17) is 0 Å². The van der Waals surface area contributed by atoms with E-state index in [2.05, 4.69) is 9.71 Å². The number of nitrogens with zero attached hydrogens (tertiary/aromatic N) is 2. The molecule has 10 heteroatoms. The Morgan fingerprint density at radius 1 is 1.48 bits per heavy atom. The number of hydrogen-bond donors (Lipinski definition) is 1. The maximum Gasteiger partial charge on any atom is 0.272 e. The smallest absolute Gasteiger partial charge is 0.258 e. The van der Waals surface area contributed by atoms with E-state index in [1.807, 2.05) is 6.92 Å². The Morgan fingerprint density at radius 2 is 2.19 bits per heavy atom. The Balaban J connectivity index is 2.33. The molecule has 1 heterocycles. The van der Waals surface area contributed by atoms with Crippen LogP contribution in [-0.2, 0) is 16.4 Å². The molecule has 0 bridgehead atoms. The summed E-state index contributed by atoms with van der Waals surface area (Å²) in [4.78, 5) is 13.0. The summed E-state index contributed by atoms with van der Waals surface area (Å²) in [5.74, 6) is -1.19. The first-order valence-electron chi connectivity index (χ1n) is 5.74. The Labute approximate surface area is 123 Å². The molecule has 0 fully saturated rings. The Hall–Kier alpha value is -2.07. The zero-order valence-corrected chi connectivity index (χ0v) is 12.4. The topological polar surface area (TPSA) is 102 Å². The largest absolute Gasteiger partial charge is 0.272 e. The molecule has 0 unspecified atom stereocenters. The van der Waals surface area contributed by atoms with Crippen molar-refractivity contribution in [2.45, 2.75) is 18.2 Å². The number of aromatic nitrogens is 1. The Morgan fingerprint density at radius 3 is 2.71 bits per heavy atom. The fourth-order valence-corrected chi connectivity index (χ4v) is 3.61. The van der Waals surface area contributed by atoms with Gasteiger partial charge in [-0.15, -0.1) is 11.3 Å². The molecule has 0 saturated heterocycles. The summed E-state index contributed by atoms with van der Waals surface area (Å²) < 4.78 is 40.0. The number of rotatable bonds is 5. The number of aryl methyl sites for hydroxylation is 1. The highest BCUT2D eigenvalue weighted by Crippen LogP contribution is 2.24. The monoisotopic (exact) mass is 331 g/mol. The van der Waals surface area contributed by atoms with Gasteiger partial charge in [-0.1, -0.05) is 6.92 Å². The van der Waals surface area contributed by atoms with E-state index in [0.717, 1.165) is 23.5 Å². The van der Waals surface area contributed by atoms with Crippen LogP contribution in [0.3, 0.4) is 0 Å². The lowest BCUT2D eigenvalue weighted by Crippen LogP contribution is -2.14. The maximum atomic E-state index is 13.7. The minimum Gasteiger partial charge on any atom is -0.258 e. The molecular weight excluding hydrogens is 321 g/mol. The molecule has 0 atom stereocenters. The molecule has 2 aromatic rings. The number of benzene rings is 1. The fraction of sp³-hybridized carbons (Fsp3) is 0.182. The number of non-ortho nitro benzene ring substituents is 1. The van der Waals surface area contributed by atoms with Gasteiger partial charge in [0.15, 0.2) is 10.9 Å². The lowest BCUT2D eigenvalue weighted by molar-refractivity contribution is -0.385. The maximum absolute atomic E-state index is 13.7. The molecule has 1 N–H and O–H groups in total. The SMILES string of the molecule is CCc1csc(NS(=O)(=O)c2ccc([N+](=O)[O-])cc2F)n1. The Kier molecular flexibility index (Phi) is 4.19. The van der Waals surface area contributed by atoms with E-state index in [-0.39, 0.29) is 5.13 Å². The highest BCUT2D eigenvalue weighted by molar-refractivity contribution is 7.93. The van der Waals surface area contributed by atoms with E-state index < -0.39 is 31.3 Å². The molecule has 1 aromatic heterocycles. The quantitative estimate of drug-likeness (QED) is 0.670. The summed E-state index contributed by atoms with van der Waals surface area (Å²) in [6, 6.07) is 2.34. The van der Waals surface area contributed by atoms with Gasteiger partial charge in [0.25, 0.3) is 15.7 Å². The summed E-state index contributed by atoms with van der Waals surface area (Å²) in [5, 5.41) is 12.3. The summed E-state index contributed by atoms with van der Waals surface area (Å²) >= 11 is 1.08. The van der Waals surface area contributed by atoms with Crippen molar-refractivity contribution < 1.29 is 17.7 Å². The molecule has 112 valence electrons. The van der Waals surface area contributed by atoms with Gasteiger partial charge in [0.05, 0.1) is 16.7 Å². The number of nitro groups is 1. The van der Waals surface area contributed by atoms with Gasteiger partial charge in [0.1, 0.15) is 4.90 Å². The third-order valence-corrected chi connectivity index (χ3v) is 4.86. The van der Waals surface area contributed by atoms with Gasteiger partial charge in [-0.2, -0.15) is 0 Å². The number of halogens is 1. The van der Waals surface area contributed by atoms with Gasteiger partial charge >= 0.3 is 0 Å². The molecule has 0 aliphatic carbocycles. The van der Waals surface area contributed by atoms with Gasteiger partial charge in [0, 0.05) is 11.4 Å². The van der Waals surface area contributed by atoms with Gasteiger partial charge in [-0.25, -0.2) is 17.8 Å². The number of nitrogens with one attached hydrogen (secondary N) is 1. The normalized spacial score (nSPS) is 11.3. The summed E-state index contributed by atoms with van der Waals surface area (Å²) in [5.41, 5.74) is 0.191. The van der Waals surface area contributed by atoms with Gasteiger partial charge in [0.2, 0.25) is 0 Å². The van der Waals surface area contributed by atoms with Crippen molar-refractivity contribution in [3.8, 4) is 0 Å². The number of hydrogen-bond acceptors (Lipinski definition) is 6. The van der Waals surface area contributed by atoms with Crippen LogP contribution < -0.4 is 4.72 Å². The molecule has 7 nitrogen and oxygen atoms in total. The molecule has 0 aliphatic heterocycles. The molecular formula is C11H10FN3O4S2. The van der Waals surface area contributed by atoms with Crippen molar-refractivity contribution in [2.75, 3.05) is 4.72 Å². The first kappa shape index (κ1) is 15.3. The number of nitro benzene ring substituents is 1. The van der Waals surface area contributed by atoms with Crippen molar-refractivity contribution in [1.29, 1.82) is 0 Å². The van der Waals surface area contributed by atoms with Crippen LogP contribution in [0.1, 0.15) is 12.6 Å². The predicted molar refractivity (Wildman–Crippen MR) is 75.4 cm³/mol. The first-order valence-corrected chi connectivity index (χ1v) is 8.11. The second-order valence-corrected chi connectivity index (χ2v) is 6.48. The molecule has 21 heavy (non-hydrogen) atoms. The van der Waals surface area contributed by atoms with Crippen LogP contribution in [-0.4, -0.2) is 18.3 Å². The number of sulfonamides is 1. The third kappa shape index (κ3) is 3.34. The van der Waals surface area contributed by atoms with E-state index in [1.54, 1.807) is 5.38 Å². The third-order valence-electron chi connectivity index (χ3n) is 2.55. The minimum absolute atomic E-state index is 0.115.